The predicted molar refractivity (Wildman–Crippen MR) is 116 cm³/mol. The first kappa shape index (κ1) is 21.0. The molecule has 10 heteroatoms. The van der Waals surface area contributed by atoms with Crippen LogP contribution in [0.15, 0.2) is 47.4 Å². The van der Waals surface area contributed by atoms with Gasteiger partial charge in [-0.15, -0.1) is 0 Å². The van der Waals surface area contributed by atoms with Crippen LogP contribution >= 0.6 is 23.4 Å². The third kappa shape index (κ3) is 5.27. The van der Waals surface area contributed by atoms with E-state index >= 15 is 0 Å². The number of fused-ring (bicyclic) bond motifs is 1. The van der Waals surface area contributed by atoms with Crippen molar-refractivity contribution in [2.75, 3.05) is 23.7 Å². The average Bonchev–Trinajstić information content (AvgIpc) is 2.70. The number of alkyl halides is 3. The van der Waals surface area contributed by atoms with E-state index in [9.17, 15) is 13.2 Å². The fourth-order valence-electron chi connectivity index (χ4n) is 3.32. The van der Waals surface area contributed by atoms with Crippen LogP contribution in [0.25, 0.3) is 10.9 Å². The lowest BCUT2D eigenvalue weighted by molar-refractivity contribution is -0.0328. The van der Waals surface area contributed by atoms with Crippen LogP contribution < -0.4 is 16.0 Å². The van der Waals surface area contributed by atoms with Gasteiger partial charge >= 0.3 is 5.51 Å². The fraction of sp³-hybridized carbons (Fsp3) is 0.300. The van der Waals surface area contributed by atoms with E-state index in [1.54, 1.807) is 0 Å². The number of rotatable bonds is 5. The van der Waals surface area contributed by atoms with E-state index in [1.807, 2.05) is 24.3 Å². The molecule has 0 saturated carbocycles. The number of piperidine rings is 1. The van der Waals surface area contributed by atoms with E-state index in [0.717, 1.165) is 42.7 Å². The SMILES string of the molecule is FC(F)(F)Sc1ccc(Nc2nc(NC3CCNCC3)c3ccccc3n2)cc1Cl. The average molecular weight is 454 g/mol. The summed E-state index contributed by atoms with van der Waals surface area (Å²) in [5.74, 6) is 1.07. The maximum atomic E-state index is 12.6. The zero-order chi connectivity index (χ0) is 21.1. The van der Waals surface area contributed by atoms with Gasteiger partial charge in [0.25, 0.3) is 0 Å². The second-order valence-electron chi connectivity index (χ2n) is 6.90. The highest BCUT2D eigenvalue weighted by Crippen LogP contribution is 2.41. The van der Waals surface area contributed by atoms with Gasteiger partial charge in [0.2, 0.25) is 5.95 Å². The van der Waals surface area contributed by atoms with Crippen LogP contribution in [0, 0.1) is 0 Å². The van der Waals surface area contributed by atoms with E-state index in [0.29, 0.717) is 17.7 Å². The number of aromatic nitrogens is 2. The zero-order valence-corrected chi connectivity index (χ0v) is 17.3. The van der Waals surface area contributed by atoms with Crippen molar-refractivity contribution in [3.05, 3.63) is 47.5 Å². The van der Waals surface area contributed by atoms with Crippen molar-refractivity contribution < 1.29 is 13.2 Å². The van der Waals surface area contributed by atoms with Gasteiger partial charge in [-0.25, -0.2) is 4.98 Å². The highest BCUT2D eigenvalue weighted by atomic mass is 35.5. The molecule has 30 heavy (non-hydrogen) atoms. The molecule has 2 heterocycles. The molecule has 3 aromatic rings. The Morgan fingerprint density at radius 3 is 2.57 bits per heavy atom. The Morgan fingerprint density at radius 1 is 1.07 bits per heavy atom. The predicted octanol–water partition coefficient (Wildman–Crippen LogP) is 5.80. The van der Waals surface area contributed by atoms with Gasteiger partial charge in [-0.3, -0.25) is 0 Å². The van der Waals surface area contributed by atoms with Crippen molar-refractivity contribution in [3.8, 4) is 0 Å². The van der Waals surface area contributed by atoms with Crippen molar-refractivity contribution in [1.29, 1.82) is 0 Å². The molecule has 1 aliphatic heterocycles. The zero-order valence-electron chi connectivity index (χ0n) is 15.8. The molecular weight excluding hydrogens is 435 g/mol. The summed E-state index contributed by atoms with van der Waals surface area (Å²) in [7, 11) is 0. The van der Waals surface area contributed by atoms with Gasteiger partial charge in [-0.2, -0.15) is 18.2 Å². The lowest BCUT2D eigenvalue weighted by Crippen LogP contribution is -2.35. The first-order valence-electron chi connectivity index (χ1n) is 9.44. The molecule has 2 aromatic carbocycles. The highest BCUT2D eigenvalue weighted by Gasteiger charge is 2.30. The topological polar surface area (TPSA) is 61.9 Å². The Labute approximate surface area is 180 Å². The summed E-state index contributed by atoms with van der Waals surface area (Å²) in [5, 5.41) is 10.8. The van der Waals surface area contributed by atoms with Gasteiger partial charge in [-0.1, -0.05) is 23.7 Å². The molecule has 4 rings (SSSR count). The molecule has 0 bridgehead atoms. The highest BCUT2D eigenvalue weighted by molar-refractivity contribution is 8.00. The molecule has 3 N–H and O–H groups in total. The number of benzene rings is 2. The van der Waals surface area contributed by atoms with Gasteiger partial charge < -0.3 is 16.0 Å². The van der Waals surface area contributed by atoms with Gasteiger partial charge in [0.05, 0.1) is 10.5 Å². The monoisotopic (exact) mass is 453 g/mol. The van der Waals surface area contributed by atoms with Crippen molar-refractivity contribution in [2.24, 2.45) is 0 Å². The largest absolute Gasteiger partial charge is 0.446 e. The second-order valence-corrected chi connectivity index (χ2v) is 8.41. The summed E-state index contributed by atoms with van der Waals surface area (Å²) in [5.41, 5.74) is -3.12. The molecule has 158 valence electrons. The molecule has 1 saturated heterocycles. The molecule has 0 unspecified atom stereocenters. The van der Waals surface area contributed by atoms with Gasteiger partial charge in [0.1, 0.15) is 5.82 Å². The number of hydrogen-bond donors (Lipinski definition) is 3. The number of nitrogens with zero attached hydrogens (tertiary/aromatic N) is 2. The Bertz CT molecular complexity index is 1040. The van der Waals surface area contributed by atoms with Gasteiger partial charge in [-0.05, 0) is 68.0 Å². The van der Waals surface area contributed by atoms with Crippen molar-refractivity contribution >= 4 is 51.7 Å². The summed E-state index contributed by atoms with van der Waals surface area (Å²) < 4.78 is 37.8. The third-order valence-corrected chi connectivity index (χ3v) is 5.93. The Balaban J connectivity index is 1.60. The maximum absolute atomic E-state index is 12.6. The Morgan fingerprint density at radius 2 is 1.83 bits per heavy atom. The number of nitrogens with one attached hydrogen (secondary N) is 3. The van der Waals surface area contributed by atoms with Crippen LogP contribution in [-0.2, 0) is 0 Å². The summed E-state index contributed by atoms with van der Waals surface area (Å²) in [6, 6.07) is 12.3. The first-order chi connectivity index (χ1) is 14.4. The number of thioether (sulfide) groups is 1. The molecular formula is C20H19ClF3N5S. The summed E-state index contributed by atoms with van der Waals surface area (Å²) in [6.07, 6.45) is 1.99. The van der Waals surface area contributed by atoms with Crippen LogP contribution in [-0.4, -0.2) is 34.6 Å². The number of hydrogen-bond acceptors (Lipinski definition) is 6. The lowest BCUT2D eigenvalue weighted by atomic mass is 10.1. The maximum Gasteiger partial charge on any atom is 0.446 e. The van der Waals surface area contributed by atoms with E-state index in [-0.39, 0.29) is 21.7 Å². The minimum Gasteiger partial charge on any atom is -0.367 e. The van der Waals surface area contributed by atoms with E-state index in [1.165, 1.54) is 18.2 Å². The van der Waals surface area contributed by atoms with Gasteiger partial charge in [0.15, 0.2) is 0 Å². The minimum atomic E-state index is -4.39. The molecule has 0 atom stereocenters. The van der Waals surface area contributed by atoms with Crippen LogP contribution in [0.1, 0.15) is 12.8 Å². The Kier molecular flexibility index (Phi) is 6.21. The smallest absolute Gasteiger partial charge is 0.367 e. The standard InChI is InChI=1S/C20H19ClF3N5S/c21-15-11-13(5-6-17(15)30-20(22,23)24)27-19-28-16-4-2-1-3-14(16)18(29-19)26-12-7-9-25-10-8-12/h1-6,11-12,25H,7-10H2,(H2,26,27,28,29). The second kappa shape index (κ2) is 8.87. The van der Waals surface area contributed by atoms with Crippen molar-refractivity contribution in [3.63, 3.8) is 0 Å². The van der Waals surface area contributed by atoms with Crippen molar-refractivity contribution in [2.45, 2.75) is 29.3 Å². The van der Waals surface area contributed by atoms with Crippen molar-refractivity contribution in [1.82, 2.24) is 15.3 Å². The molecule has 1 aliphatic rings. The third-order valence-electron chi connectivity index (χ3n) is 4.70. The molecule has 1 aromatic heterocycles. The lowest BCUT2D eigenvalue weighted by Gasteiger charge is -2.25. The number of para-hydroxylation sites is 1. The molecule has 0 spiro atoms. The fourth-order valence-corrected chi connectivity index (χ4v) is 4.16. The molecule has 1 fully saturated rings. The summed E-state index contributed by atoms with van der Waals surface area (Å²) in [6.45, 7) is 1.90. The van der Waals surface area contributed by atoms with E-state index < -0.39 is 5.51 Å². The van der Waals surface area contributed by atoms with E-state index in [2.05, 4.69) is 25.9 Å². The summed E-state index contributed by atoms with van der Waals surface area (Å²) in [4.78, 5) is 9.10. The Hall–Kier alpha value is -2.23. The van der Waals surface area contributed by atoms with Crippen LogP contribution in [0.5, 0.6) is 0 Å². The van der Waals surface area contributed by atoms with Crippen LogP contribution in [0.4, 0.5) is 30.6 Å². The van der Waals surface area contributed by atoms with Gasteiger partial charge in [0, 0.05) is 22.0 Å². The number of halogens is 4. The number of anilines is 3. The van der Waals surface area contributed by atoms with Crippen LogP contribution in [0.2, 0.25) is 5.02 Å². The quantitative estimate of drug-likeness (QED) is 0.424. The normalized spacial score (nSPS) is 15.3. The molecule has 0 amide bonds. The molecule has 0 radical (unpaired) electrons. The van der Waals surface area contributed by atoms with E-state index in [4.69, 9.17) is 11.6 Å². The summed E-state index contributed by atoms with van der Waals surface area (Å²) >= 11 is 5.80. The first-order valence-corrected chi connectivity index (χ1v) is 10.6. The minimum absolute atomic E-state index is 0.0103. The molecule has 5 nitrogen and oxygen atoms in total. The molecule has 0 aliphatic carbocycles. The van der Waals surface area contributed by atoms with Crippen LogP contribution in [0.3, 0.4) is 0 Å².